The van der Waals surface area contributed by atoms with E-state index in [4.69, 9.17) is 9.47 Å². The molecule has 3 N–H and O–H groups in total. The van der Waals surface area contributed by atoms with E-state index in [1.807, 2.05) is 13.8 Å². The third-order valence-corrected chi connectivity index (χ3v) is 4.36. The third kappa shape index (κ3) is 8.93. The predicted molar refractivity (Wildman–Crippen MR) is 81.6 cm³/mol. The molecule has 1 aliphatic rings. The van der Waals surface area contributed by atoms with Crippen LogP contribution in [-0.2, 0) is 24.1 Å². The smallest absolute Gasteiger partial charge is 0.726 e. The molecule has 0 aromatic heterocycles. The summed E-state index contributed by atoms with van der Waals surface area (Å²) >= 11 is 0. The fourth-order valence-electron chi connectivity index (χ4n) is 2.70. The van der Waals surface area contributed by atoms with E-state index in [2.05, 4.69) is 4.18 Å². The van der Waals surface area contributed by atoms with Gasteiger partial charge in [0.25, 0.3) is 0 Å². The van der Waals surface area contributed by atoms with Gasteiger partial charge in [-0.1, -0.05) is 26.7 Å². The van der Waals surface area contributed by atoms with Gasteiger partial charge in [-0.25, -0.2) is 8.42 Å². The Kier molecular flexibility index (Phi) is 12.5. The van der Waals surface area contributed by atoms with Gasteiger partial charge in [-0.2, -0.15) is 0 Å². The number of hydrogen-bond acceptors (Lipinski definition) is 9. The minimum Gasteiger partial charge on any atom is -0.726 e. The molecule has 1 saturated heterocycles. The summed E-state index contributed by atoms with van der Waals surface area (Å²) in [6.45, 7) is 3.61. The predicted octanol–water partition coefficient (Wildman–Crippen LogP) is -3.49. The molecule has 0 spiro atoms. The average molecular weight is 394 g/mol. The Morgan fingerprint density at radius 1 is 1.08 bits per heavy atom. The number of aliphatic hydroxyl groups is 3. The summed E-state index contributed by atoms with van der Waals surface area (Å²) in [4.78, 5) is 0. The van der Waals surface area contributed by atoms with E-state index in [0.29, 0.717) is 6.61 Å². The number of rotatable bonds is 10. The molecule has 0 amide bonds. The maximum Gasteiger partial charge on any atom is 1.00 e. The van der Waals surface area contributed by atoms with E-state index in [1.165, 1.54) is 0 Å². The molecule has 0 saturated carbocycles. The van der Waals surface area contributed by atoms with Crippen LogP contribution in [0.3, 0.4) is 0 Å². The third-order valence-electron chi connectivity index (χ3n) is 3.94. The van der Waals surface area contributed by atoms with E-state index in [-0.39, 0.29) is 35.5 Å². The van der Waals surface area contributed by atoms with Gasteiger partial charge in [0.15, 0.2) is 6.29 Å². The molecule has 0 bridgehead atoms. The Morgan fingerprint density at radius 3 is 2.12 bits per heavy atom. The van der Waals surface area contributed by atoms with Crippen LogP contribution in [0.1, 0.15) is 39.5 Å². The van der Waals surface area contributed by atoms with Crippen LogP contribution in [0.2, 0.25) is 0 Å². The second kappa shape index (κ2) is 12.2. The van der Waals surface area contributed by atoms with Crippen molar-refractivity contribution in [2.75, 3.05) is 13.2 Å². The van der Waals surface area contributed by atoms with E-state index in [9.17, 15) is 28.3 Å². The van der Waals surface area contributed by atoms with Crippen LogP contribution < -0.4 is 29.6 Å². The number of aliphatic hydroxyl groups excluding tert-OH is 3. The van der Waals surface area contributed by atoms with Crippen molar-refractivity contribution in [3.63, 3.8) is 0 Å². The van der Waals surface area contributed by atoms with Gasteiger partial charge in [0.05, 0.1) is 13.2 Å². The molecule has 0 aliphatic carbocycles. The molecule has 0 radical (unpaired) electrons. The second-order valence-electron chi connectivity index (χ2n) is 5.98. The summed E-state index contributed by atoms with van der Waals surface area (Å²) in [5, 5.41) is 29.6. The summed E-state index contributed by atoms with van der Waals surface area (Å²) in [6.07, 6.45) is -3.46. The van der Waals surface area contributed by atoms with Crippen molar-refractivity contribution in [2.24, 2.45) is 5.92 Å². The molecule has 1 fully saturated rings. The van der Waals surface area contributed by atoms with Crippen LogP contribution in [0.4, 0.5) is 0 Å². The Hall–Kier alpha value is 0.670. The van der Waals surface area contributed by atoms with Crippen LogP contribution in [0.25, 0.3) is 0 Å². The SMILES string of the molecule is CCCC(CCC)CO[C@H]1O[C@H](COS(=O)(=O)[O-])[C@H](O)[C@H](O)[C@H]1O.[Na+]. The molecule has 5 atom stereocenters. The van der Waals surface area contributed by atoms with Gasteiger partial charge >= 0.3 is 29.6 Å². The first-order valence-corrected chi connectivity index (χ1v) is 9.44. The standard InChI is InChI=1S/C14H28O9S.Na/c1-3-5-9(6-4-2)7-21-14-13(17)12(16)11(15)10(23-14)8-22-24(18,19)20;/h9-17H,3-8H2,1-2H3,(H,18,19,20);/q;+1/p-1/t10-,11+,12+,13-,14+;/m1./s1. The second-order valence-corrected chi connectivity index (χ2v) is 7.04. The van der Waals surface area contributed by atoms with Crippen LogP contribution in [0.15, 0.2) is 0 Å². The molecule has 9 nitrogen and oxygen atoms in total. The molecule has 0 aromatic carbocycles. The minimum absolute atomic E-state index is 0. The summed E-state index contributed by atoms with van der Waals surface area (Å²) in [5.74, 6) is 0.261. The van der Waals surface area contributed by atoms with Gasteiger partial charge in [0, 0.05) is 0 Å². The van der Waals surface area contributed by atoms with E-state index < -0.39 is 47.7 Å². The average Bonchev–Trinajstić information content (AvgIpc) is 2.50. The molecular formula is C14H27NaO9S. The first-order chi connectivity index (χ1) is 11.2. The van der Waals surface area contributed by atoms with Crippen molar-refractivity contribution in [1.82, 2.24) is 0 Å². The topological polar surface area (TPSA) is 146 Å². The minimum atomic E-state index is -4.96. The maximum atomic E-state index is 10.5. The molecular weight excluding hydrogens is 367 g/mol. The Bertz CT molecular complexity index is 455. The van der Waals surface area contributed by atoms with Crippen LogP contribution in [-0.4, -0.2) is 72.2 Å². The summed E-state index contributed by atoms with van der Waals surface area (Å²) in [6, 6.07) is 0. The maximum absolute atomic E-state index is 10.5. The van der Waals surface area contributed by atoms with Gasteiger partial charge in [0.2, 0.25) is 10.4 Å². The van der Waals surface area contributed by atoms with Crippen molar-refractivity contribution in [3.05, 3.63) is 0 Å². The molecule has 0 unspecified atom stereocenters. The molecule has 1 aliphatic heterocycles. The fraction of sp³-hybridized carbons (Fsp3) is 1.00. The molecule has 144 valence electrons. The van der Waals surface area contributed by atoms with Gasteiger partial charge in [-0.05, 0) is 18.8 Å². The Labute approximate surface area is 170 Å². The van der Waals surface area contributed by atoms with Gasteiger partial charge < -0.3 is 29.3 Å². The van der Waals surface area contributed by atoms with Crippen molar-refractivity contribution < 1.29 is 71.5 Å². The Morgan fingerprint density at radius 2 is 1.64 bits per heavy atom. The van der Waals surface area contributed by atoms with Crippen molar-refractivity contribution >= 4 is 10.4 Å². The molecule has 11 heteroatoms. The summed E-state index contributed by atoms with van der Waals surface area (Å²) in [7, 11) is -4.96. The van der Waals surface area contributed by atoms with E-state index >= 15 is 0 Å². The normalized spacial score (nSPS) is 30.3. The van der Waals surface area contributed by atoms with Gasteiger partial charge in [-0.15, -0.1) is 0 Å². The van der Waals surface area contributed by atoms with Gasteiger partial charge in [-0.3, -0.25) is 4.18 Å². The monoisotopic (exact) mass is 394 g/mol. The fourth-order valence-corrected chi connectivity index (χ4v) is 3.00. The van der Waals surface area contributed by atoms with Crippen LogP contribution in [0.5, 0.6) is 0 Å². The number of ether oxygens (including phenoxy) is 2. The van der Waals surface area contributed by atoms with Crippen LogP contribution in [0, 0.1) is 5.92 Å². The first kappa shape index (κ1) is 25.7. The van der Waals surface area contributed by atoms with Gasteiger partial charge in [0.1, 0.15) is 24.4 Å². The van der Waals surface area contributed by atoms with E-state index in [0.717, 1.165) is 25.7 Å². The summed E-state index contributed by atoms with van der Waals surface area (Å²) < 4.78 is 46.4. The quantitative estimate of drug-likeness (QED) is 0.195. The van der Waals surface area contributed by atoms with E-state index in [1.54, 1.807) is 0 Å². The zero-order valence-corrected chi connectivity index (χ0v) is 17.7. The summed E-state index contributed by atoms with van der Waals surface area (Å²) in [5.41, 5.74) is 0. The molecule has 1 rings (SSSR count). The number of hydrogen-bond donors (Lipinski definition) is 3. The van der Waals surface area contributed by atoms with Crippen molar-refractivity contribution in [2.45, 2.75) is 70.2 Å². The molecule has 0 aromatic rings. The van der Waals surface area contributed by atoms with Crippen molar-refractivity contribution in [1.29, 1.82) is 0 Å². The zero-order chi connectivity index (χ0) is 18.3. The van der Waals surface area contributed by atoms with Crippen molar-refractivity contribution in [3.8, 4) is 0 Å². The van der Waals surface area contributed by atoms with Crippen LogP contribution >= 0.6 is 0 Å². The largest absolute Gasteiger partial charge is 1.00 e. The first-order valence-electron chi connectivity index (χ1n) is 8.11. The molecule has 1 heterocycles. The Balaban J connectivity index is 0.00000576. The zero-order valence-electron chi connectivity index (χ0n) is 14.9. The molecule has 25 heavy (non-hydrogen) atoms.